The van der Waals surface area contributed by atoms with Crippen molar-refractivity contribution in [2.75, 3.05) is 18.4 Å². The van der Waals surface area contributed by atoms with E-state index in [1.165, 1.54) is 24.7 Å². The van der Waals surface area contributed by atoms with E-state index in [4.69, 9.17) is 4.42 Å². The van der Waals surface area contributed by atoms with Crippen molar-refractivity contribution in [1.29, 1.82) is 0 Å². The van der Waals surface area contributed by atoms with E-state index in [-0.39, 0.29) is 17.6 Å². The first kappa shape index (κ1) is 15.1. The number of furan rings is 1. The second-order valence-electron chi connectivity index (χ2n) is 5.53. The fourth-order valence-electron chi connectivity index (χ4n) is 2.71. The normalized spacial score (nSPS) is 15.4. The molecule has 0 radical (unpaired) electrons. The van der Waals surface area contributed by atoms with E-state index in [2.05, 4.69) is 5.32 Å². The van der Waals surface area contributed by atoms with Crippen molar-refractivity contribution in [3.05, 3.63) is 58.5 Å². The number of benzene rings is 1. The Morgan fingerprint density at radius 3 is 2.48 bits per heavy atom. The average Bonchev–Trinajstić information content (AvgIpc) is 3.10. The van der Waals surface area contributed by atoms with E-state index in [0.29, 0.717) is 18.7 Å². The summed E-state index contributed by atoms with van der Waals surface area (Å²) in [6.07, 6.45) is 4.63. The summed E-state index contributed by atoms with van der Waals surface area (Å²) in [6.45, 7) is 1.35. The second-order valence-corrected chi connectivity index (χ2v) is 5.53. The molecule has 0 bridgehead atoms. The summed E-state index contributed by atoms with van der Waals surface area (Å²) in [4.78, 5) is 24.3. The molecule has 1 saturated heterocycles. The molecule has 1 aromatic heterocycles. The minimum absolute atomic E-state index is 0.00691. The first-order valence-electron chi connectivity index (χ1n) is 7.46. The molecule has 7 heteroatoms. The SMILES string of the molecule is O=C(c1ccoc1)N1CCC(Nc2ccc([N+](=O)[O-])cc2)CC1. The smallest absolute Gasteiger partial charge is 0.269 e. The molecule has 1 fully saturated rings. The lowest BCUT2D eigenvalue weighted by Gasteiger charge is -2.32. The number of hydrogen-bond acceptors (Lipinski definition) is 5. The number of nitro benzene ring substituents is 1. The molecule has 0 spiro atoms. The van der Waals surface area contributed by atoms with Crippen LogP contribution in [-0.4, -0.2) is 34.9 Å². The Balaban J connectivity index is 1.53. The summed E-state index contributed by atoms with van der Waals surface area (Å²) >= 11 is 0. The summed E-state index contributed by atoms with van der Waals surface area (Å²) in [6, 6.07) is 8.32. The molecule has 1 aliphatic rings. The van der Waals surface area contributed by atoms with Gasteiger partial charge in [-0.1, -0.05) is 0 Å². The molecule has 0 aliphatic carbocycles. The fourth-order valence-corrected chi connectivity index (χ4v) is 2.71. The van der Waals surface area contributed by atoms with Crippen molar-refractivity contribution in [1.82, 2.24) is 4.90 Å². The van der Waals surface area contributed by atoms with Crippen LogP contribution in [0.15, 0.2) is 47.3 Å². The maximum Gasteiger partial charge on any atom is 0.269 e. The third-order valence-corrected chi connectivity index (χ3v) is 4.00. The van der Waals surface area contributed by atoms with Gasteiger partial charge in [-0.2, -0.15) is 0 Å². The molecule has 2 aromatic rings. The lowest BCUT2D eigenvalue weighted by molar-refractivity contribution is -0.384. The molecule has 3 rings (SSSR count). The number of piperidine rings is 1. The number of likely N-dealkylation sites (tertiary alicyclic amines) is 1. The van der Waals surface area contributed by atoms with Gasteiger partial charge in [-0.15, -0.1) is 0 Å². The van der Waals surface area contributed by atoms with E-state index in [9.17, 15) is 14.9 Å². The highest BCUT2D eigenvalue weighted by Gasteiger charge is 2.24. The topological polar surface area (TPSA) is 88.6 Å². The predicted molar refractivity (Wildman–Crippen MR) is 84.4 cm³/mol. The van der Waals surface area contributed by atoms with Crippen LogP contribution in [0.2, 0.25) is 0 Å². The van der Waals surface area contributed by atoms with Crippen LogP contribution in [0.4, 0.5) is 11.4 Å². The largest absolute Gasteiger partial charge is 0.472 e. The Bertz CT molecular complexity index is 674. The van der Waals surface area contributed by atoms with Crippen molar-refractivity contribution in [2.45, 2.75) is 18.9 Å². The lowest BCUT2D eigenvalue weighted by atomic mass is 10.0. The van der Waals surface area contributed by atoms with Gasteiger partial charge in [-0.25, -0.2) is 0 Å². The number of nitrogens with one attached hydrogen (secondary N) is 1. The number of anilines is 1. The Labute approximate surface area is 133 Å². The van der Waals surface area contributed by atoms with Gasteiger partial charge in [-0.05, 0) is 31.0 Å². The van der Waals surface area contributed by atoms with Gasteiger partial charge >= 0.3 is 0 Å². The van der Waals surface area contributed by atoms with Crippen molar-refractivity contribution >= 4 is 17.3 Å². The van der Waals surface area contributed by atoms with Crippen LogP contribution in [0.1, 0.15) is 23.2 Å². The highest BCUT2D eigenvalue weighted by atomic mass is 16.6. The minimum atomic E-state index is -0.413. The van der Waals surface area contributed by atoms with Gasteiger partial charge in [0.2, 0.25) is 0 Å². The standard InChI is InChI=1S/C16H17N3O4/c20-16(12-7-10-23-11-12)18-8-5-14(6-9-18)17-13-1-3-15(4-2-13)19(21)22/h1-4,7,10-11,14,17H,5-6,8-9H2. The van der Waals surface area contributed by atoms with Crippen molar-refractivity contribution in [3.63, 3.8) is 0 Å². The molecule has 1 N–H and O–H groups in total. The van der Waals surface area contributed by atoms with Gasteiger partial charge in [0.15, 0.2) is 0 Å². The van der Waals surface area contributed by atoms with E-state index >= 15 is 0 Å². The fraction of sp³-hybridized carbons (Fsp3) is 0.312. The van der Waals surface area contributed by atoms with Gasteiger partial charge < -0.3 is 14.6 Å². The van der Waals surface area contributed by atoms with Crippen LogP contribution in [0.3, 0.4) is 0 Å². The number of carbonyl (C=O) groups is 1. The molecular weight excluding hydrogens is 298 g/mol. The molecule has 2 heterocycles. The number of rotatable bonds is 4. The molecule has 23 heavy (non-hydrogen) atoms. The quantitative estimate of drug-likeness (QED) is 0.692. The van der Waals surface area contributed by atoms with Crippen molar-refractivity contribution in [2.24, 2.45) is 0 Å². The molecule has 0 saturated carbocycles. The molecule has 0 unspecified atom stereocenters. The van der Waals surface area contributed by atoms with Gasteiger partial charge in [0, 0.05) is 37.0 Å². The summed E-state index contributed by atoms with van der Waals surface area (Å²) in [5.41, 5.74) is 1.51. The zero-order chi connectivity index (χ0) is 16.2. The number of hydrogen-bond donors (Lipinski definition) is 1. The predicted octanol–water partition coefficient (Wildman–Crippen LogP) is 2.90. The van der Waals surface area contributed by atoms with E-state index in [1.807, 2.05) is 4.90 Å². The third-order valence-electron chi connectivity index (χ3n) is 4.00. The Morgan fingerprint density at radius 1 is 1.22 bits per heavy atom. The summed E-state index contributed by atoms with van der Waals surface area (Å²) in [5, 5.41) is 14.0. The van der Waals surface area contributed by atoms with Crippen molar-refractivity contribution < 1.29 is 14.1 Å². The summed E-state index contributed by atoms with van der Waals surface area (Å²) in [5.74, 6) is -0.00691. The van der Waals surface area contributed by atoms with E-state index < -0.39 is 4.92 Å². The number of carbonyl (C=O) groups excluding carboxylic acids is 1. The van der Waals surface area contributed by atoms with Crippen molar-refractivity contribution in [3.8, 4) is 0 Å². The molecule has 120 valence electrons. The molecule has 1 aliphatic heterocycles. The summed E-state index contributed by atoms with van der Waals surface area (Å²) < 4.78 is 4.95. The zero-order valence-electron chi connectivity index (χ0n) is 12.5. The monoisotopic (exact) mass is 315 g/mol. The zero-order valence-corrected chi connectivity index (χ0v) is 12.5. The molecular formula is C16H17N3O4. The van der Waals surface area contributed by atoms with Gasteiger partial charge in [-0.3, -0.25) is 14.9 Å². The van der Waals surface area contributed by atoms with Crippen LogP contribution in [-0.2, 0) is 0 Å². The number of nitro groups is 1. The molecule has 1 amide bonds. The van der Waals surface area contributed by atoms with Gasteiger partial charge in [0.25, 0.3) is 11.6 Å². The van der Waals surface area contributed by atoms with Crippen LogP contribution < -0.4 is 5.32 Å². The molecule has 1 aromatic carbocycles. The van der Waals surface area contributed by atoms with Crippen LogP contribution >= 0.6 is 0 Å². The molecule has 0 atom stereocenters. The van der Waals surface area contributed by atoms with Crippen LogP contribution in [0.25, 0.3) is 0 Å². The minimum Gasteiger partial charge on any atom is -0.472 e. The second kappa shape index (κ2) is 6.51. The number of nitrogens with zero attached hydrogens (tertiary/aromatic N) is 2. The first-order valence-corrected chi connectivity index (χ1v) is 7.46. The maximum absolute atomic E-state index is 12.2. The van der Waals surface area contributed by atoms with E-state index in [0.717, 1.165) is 18.5 Å². The number of non-ortho nitro benzene ring substituents is 1. The Hall–Kier alpha value is -2.83. The molecule has 7 nitrogen and oxygen atoms in total. The maximum atomic E-state index is 12.2. The average molecular weight is 315 g/mol. The summed E-state index contributed by atoms with van der Waals surface area (Å²) in [7, 11) is 0. The van der Waals surface area contributed by atoms with Gasteiger partial charge in [0.05, 0.1) is 16.7 Å². The lowest BCUT2D eigenvalue weighted by Crippen LogP contribution is -2.42. The van der Waals surface area contributed by atoms with Crippen LogP contribution in [0.5, 0.6) is 0 Å². The third kappa shape index (κ3) is 3.50. The highest BCUT2D eigenvalue weighted by Crippen LogP contribution is 2.20. The highest BCUT2D eigenvalue weighted by molar-refractivity contribution is 5.93. The number of amides is 1. The van der Waals surface area contributed by atoms with Crippen LogP contribution in [0, 0.1) is 10.1 Å². The first-order chi connectivity index (χ1) is 11.1. The van der Waals surface area contributed by atoms with Gasteiger partial charge in [0.1, 0.15) is 6.26 Å². The Morgan fingerprint density at radius 2 is 1.91 bits per heavy atom. The van der Waals surface area contributed by atoms with E-state index in [1.54, 1.807) is 18.2 Å². The Kier molecular flexibility index (Phi) is 4.27.